The number of aromatic nitrogens is 4. The van der Waals surface area contributed by atoms with Gasteiger partial charge in [-0.3, -0.25) is 14.5 Å². The number of aryl methyl sites for hydroxylation is 1. The number of nitrogens with one attached hydrogen (secondary N) is 1. The van der Waals surface area contributed by atoms with Crippen LogP contribution in [0, 0.1) is 18.6 Å². The number of rotatable bonds is 7. The van der Waals surface area contributed by atoms with Crippen LogP contribution in [0.3, 0.4) is 0 Å². The molecule has 13 heteroatoms. The number of benzene rings is 1. The van der Waals surface area contributed by atoms with E-state index in [9.17, 15) is 14.7 Å². The van der Waals surface area contributed by atoms with Crippen LogP contribution < -0.4 is 15.0 Å². The van der Waals surface area contributed by atoms with E-state index in [0.29, 0.717) is 17.0 Å². The predicted molar refractivity (Wildman–Crippen MR) is 143 cm³/mol. The first-order valence-corrected chi connectivity index (χ1v) is 12.8. The standard InChI is InChI=1S/C28H28F2N6O5/c1-14-22(35-12-18(19(29)9-23(35)34-14)17-10-32-27(33-11-17)28(3,4)40)13-36-21-8-16(25(38)31-5-6-37)7-20(30)24(21)41-15(2)26(36)39/h7-12,15,37,40H,5-6,13H2,1-4H3,(H,31,38). The average Bonchev–Trinajstić information content (AvgIpc) is 3.22. The van der Waals surface area contributed by atoms with Gasteiger partial charge in [-0.05, 0) is 39.8 Å². The lowest BCUT2D eigenvalue weighted by Gasteiger charge is -2.33. The number of carbonyl (C=O) groups is 2. The first-order valence-electron chi connectivity index (χ1n) is 12.8. The van der Waals surface area contributed by atoms with Gasteiger partial charge in [-0.15, -0.1) is 0 Å². The Bertz CT molecular complexity index is 1670. The molecule has 0 fully saturated rings. The number of amides is 2. The van der Waals surface area contributed by atoms with Crippen molar-refractivity contribution in [3.8, 4) is 16.9 Å². The number of aliphatic hydroxyl groups is 2. The second kappa shape index (κ2) is 10.5. The number of carbonyl (C=O) groups excluding carboxylic acids is 2. The van der Waals surface area contributed by atoms with E-state index in [-0.39, 0.29) is 53.7 Å². The Kier molecular flexibility index (Phi) is 7.17. The maximum atomic E-state index is 15.2. The quantitative estimate of drug-likeness (QED) is 0.310. The van der Waals surface area contributed by atoms with Gasteiger partial charge in [0.2, 0.25) is 0 Å². The van der Waals surface area contributed by atoms with E-state index < -0.39 is 35.2 Å². The zero-order valence-corrected chi connectivity index (χ0v) is 22.8. The van der Waals surface area contributed by atoms with E-state index in [0.717, 1.165) is 6.07 Å². The SMILES string of the molecule is Cc1nc2cc(F)c(-c3cnc(C(C)(C)O)nc3)cn2c1CN1C(=O)C(C)Oc2c(F)cc(C(=O)NCCO)cc21. The van der Waals surface area contributed by atoms with Crippen LogP contribution in [0.4, 0.5) is 14.5 Å². The third-order valence-electron chi connectivity index (χ3n) is 6.71. The highest BCUT2D eigenvalue weighted by atomic mass is 19.1. The van der Waals surface area contributed by atoms with E-state index in [1.165, 1.54) is 56.4 Å². The Morgan fingerprint density at radius 3 is 2.54 bits per heavy atom. The number of halogens is 2. The molecule has 214 valence electrons. The number of fused-ring (bicyclic) bond motifs is 2. The molecule has 1 aromatic carbocycles. The van der Waals surface area contributed by atoms with Crippen LogP contribution in [0.2, 0.25) is 0 Å². The molecule has 0 spiro atoms. The Morgan fingerprint density at radius 2 is 1.88 bits per heavy atom. The number of imidazole rings is 1. The summed E-state index contributed by atoms with van der Waals surface area (Å²) in [7, 11) is 0. The molecule has 0 saturated carbocycles. The molecule has 0 radical (unpaired) electrons. The molecule has 1 unspecified atom stereocenters. The van der Waals surface area contributed by atoms with E-state index in [2.05, 4.69) is 20.3 Å². The molecule has 4 heterocycles. The highest BCUT2D eigenvalue weighted by molar-refractivity contribution is 6.02. The summed E-state index contributed by atoms with van der Waals surface area (Å²) in [5.74, 6) is -2.51. The molecule has 3 aromatic heterocycles. The maximum Gasteiger partial charge on any atom is 0.268 e. The van der Waals surface area contributed by atoms with Crippen molar-refractivity contribution in [3.05, 3.63) is 71.2 Å². The molecule has 41 heavy (non-hydrogen) atoms. The van der Waals surface area contributed by atoms with Crippen molar-refractivity contribution in [1.82, 2.24) is 24.7 Å². The van der Waals surface area contributed by atoms with Crippen LogP contribution in [0.25, 0.3) is 16.8 Å². The highest BCUT2D eigenvalue weighted by Gasteiger charge is 2.35. The van der Waals surface area contributed by atoms with Crippen molar-refractivity contribution in [2.24, 2.45) is 0 Å². The summed E-state index contributed by atoms with van der Waals surface area (Å²) in [4.78, 5) is 39.9. The topological polar surface area (TPSA) is 142 Å². The van der Waals surface area contributed by atoms with Gasteiger partial charge in [-0.1, -0.05) is 0 Å². The van der Waals surface area contributed by atoms with Gasteiger partial charge >= 0.3 is 0 Å². The highest BCUT2D eigenvalue weighted by Crippen LogP contribution is 2.39. The third-order valence-corrected chi connectivity index (χ3v) is 6.71. The van der Waals surface area contributed by atoms with Crippen LogP contribution in [0.5, 0.6) is 5.75 Å². The molecule has 2 amide bonds. The zero-order valence-electron chi connectivity index (χ0n) is 22.8. The molecular weight excluding hydrogens is 538 g/mol. The summed E-state index contributed by atoms with van der Waals surface area (Å²) in [5.41, 5.74) is 0.539. The fourth-order valence-electron chi connectivity index (χ4n) is 4.59. The van der Waals surface area contributed by atoms with E-state index in [1.807, 2.05) is 0 Å². The van der Waals surface area contributed by atoms with Crippen LogP contribution in [-0.2, 0) is 16.9 Å². The molecule has 1 aliphatic heterocycles. The van der Waals surface area contributed by atoms with E-state index in [4.69, 9.17) is 9.84 Å². The Labute approximate surface area is 233 Å². The number of anilines is 1. The van der Waals surface area contributed by atoms with Crippen molar-refractivity contribution in [1.29, 1.82) is 0 Å². The fraction of sp³-hybridized carbons (Fsp3) is 0.321. The number of nitrogens with zero attached hydrogens (tertiary/aromatic N) is 5. The van der Waals surface area contributed by atoms with Crippen molar-refractivity contribution in [2.75, 3.05) is 18.1 Å². The largest absolute Gasteiger partial charge is 0.476 e. The van der Waals surface area contributed by atoms with Crippen molar-refractivity contribution in [3.63, 3.8) is 0 Å². The van der Waals surface area contributed by atoms with Gasteiger partial charge < -0.3 is 24.7 Å². The molecule has 3 N–H and O–H groups in total. The summed E-state index contributed by atoms with van der Waals surface area (Å²) in [6.07, 6.45) is 3.31. The normalized spacial score (nSPS) is 15.2. The summed E-state index contributed by atoms with van der Waals surface area (Å²) < 4.78 is 37.4. The van der Waals surface area contributed by atoms with Crippen molar-refractivity contribution < 1.29 is 33.3 Å². The summed E-state index contributed by atoms with van der Waals surface area (Å²) >= 11 is 0. The Balaban J connectivity index is 1.58. The molecule has 11 nitrogen and oxygen atoms in total. The first kappa shape index (κ1) is 28.1. The van der Waals surface area contributed by atoms with E-state index in [1.54, 1.807) is 11.3 Å². The lowest BCUT2D eigenvalue weighted by atomic mass is 10.1. The van der Waals surface area contributed by atoms with Gasteiger partial charge in [0.25, 0.3) is 11.8 Å². The van der Waals surface area contributed by atoms with Gasteiger partial charge in [0.05, 0.1) is 30.2 Å². The number of aliphatic hydroxyl groups excluding tert-OH is 1. The van der Waals surface area contributed by atoms with Crippen LogP contribution >= 0.6 is 0 Å². The van der Waals surface area contributed by atoms with Crippen LogP contribution in [0.1, 0.15) is 48.3 Å². The molecule has 1 aliphatic rings. The maximum absolute atomic E-state index is 15.2. The van der Waals surface area contributed by atoms with Crippen molar-refractivity contribution >= 4 is 23.1 Å². The van der Waals surface area contributed by atoms with E-state index >= 15 is 8.78 Å². The number of ether oxygens (including phenoxy) is 1. The predicted octanol–water partition coefficient (Wildman–Crippen LogP) is 2.64. The second-order valence-electron chi connectivity index (χ2n) is 10.2. The smallest absolute Gasteiger partial charge is 0.268 e. The Hall–Kier alpha value is -4.49. The minimum Gasteiger partial charge on any atom is -0.476 e. The number of hydrogen-bond donors (Lipinski definition) is 3. The van der Waals surface area contributed by atoms with Crippen LogP contribution in [-0.4, -0.2) is 60.6 Å². The molecule has 1 atom stereocenters. The van der Waals surface area contributed by atoms with Crippen molar-refractivity contribution in [2.45, 2.75) is 45.9 Å². The van der Waals surface area contributed by atoms with Gasteiger partial charge in [0.1, 0.15) is 17.1 Å². The van der Waals surface area contributed by atoms with Crippen LogP contribution in [0.15, 0.2) is 36.8 Å². The monoisotopic (exact) mass is 566 g/mol. The Morgan fingerprint density at radius 1 is 1.17 bits per heavy atom. The average molecular weight is 567 g/mol. The zero-order chi connectivity index (χ0) is 29.6. The number of hydrogen-bond acceptors (Lipinski definition) is 8. The molecule has 4 aromatic rings. The fourth-order valence-corrected chi connectivity index (χ4v) is 4.59. The molecule has 5 rings (SSSR count). The summed E-state index contributed by atoms with van der Waals surface area (Å²) in [6.45, 7) is 5.86. The first-order chi connectivity index (χ1) is 19.4. The lowest BCUT2D eigenvalue weighted by molar-refractivity contribution is -0.125. The molecule has 0 saturated heterocycles. The van der Waals surface area contributed by atoms with Gasteiger partial charge in [0, 0.05) is 47.9 Å². The second-order valence-corrected chi connectivity index (χ2v) is 10.2. The minimum atomic E-state index is -1.27. The van der Waals surface area contributed by atoms with Gasteiger partial charge in [-0.2, -0.15) is 0 Å². The molecular formula is C28H28F2N6O5. The number of pyridine rings is 1. The summed E-state index contributed by atoms with van der Waals surface area (Å²) in [5, 5.41) is 21.6. The lowest BCUT2D eigenvalue weighted by Crippen LogP contribution is -2.44. The summed E-state index contributed by atoms with van der Waals surface area (Å²) in [6, 6.07) is 3.60. The molecule has 0 aliphatic carbocycles. The third kappa shape index (κ3) is 5.21. The van der Waals surface area contributed by atoms with Gasteiger partial charge in [0.15, 0.2) is 23.5 Å². The van der Waals surface area contributed by atoms with Gasteiger partial charge in [-0.25, -0.2) is 23.7 Å². The molecule has 0 bridgehead atoms. The minimum absolute atomic E-state index is 0.0286.